The van der Waals surface area contributed by atoms with E-state index in [0.717, 1.165) is 5.39 Å². The molecule has 0 spiro atoms. The molecule has 25 heavy (non-hydrogen) atoms. The largest absolute Gasteiger partial charge is 0.497 e. The maximum atomic E-state index is 12.9. The molecule has 0 fully saturated rings. The number of carboxylic acid groups (broad SMARTS) is 1. The summed E-state index contributed by atoms with van der Waals surface area (Å²) < 4.78 is 10.9. The molecule has 0 bridgehead atoms. The summed E-state index contributed by atoms with van der Waals surface area (Å²) in [5.74, 6) is -0.689. The van der Waals surface area contributed by atoms with Crippen molar-refractivity contribution < 1.29 is 23.8 Å². The van der Waals surface area contributed by atoms with Gasteiger partial charge in [-0.05, 0) is 36.2 Å². The molecule has 0 aliphatic rings. The lowest BCUT2D eigenvalue weighted by atomic mass is 9.92. The first-order chi connectivity index (χ1) is 12.0. The normalized spacial score (nSPS) is 12.1. The Labute approximate surface area is 144 Å². The monoisotopic (exact) mass is 338 g/mol. The average molecular weight is 338 g/mol. The van der Waals surface area contributed by atoms with Crippen molar-refractivity contribution in [1.82, 2.24) is 0 Å². The molecule has 5 nitrogen and oxygen atoms in total. The van der Waals surface area contributed by atoms with Crippen molar-refractivity contribution in [3.8, 4) is 5.75 Å². The number of aliphatic carboxylic acids is 1. The third-order valence-electron chi connectivity index (χ3n) is 4.17. The molecule has 5 heteroatoms. The number of hydrogen-bond acceptors (Lipinski definition) is 4. The number of furan rings is 1. The lowest BCUT2D eigenvalue weighted by molar-refractivity contribution is -0.137. The van der Waals surface area contributed by atoms with E-state index in [2.05, 4.69) is 0 Å². The van der Waals surface area contributed by atoms with E-state index in [9.17, 15) is 9.59 Å². The summed E-state index contributed by atoms with van der Waals surface area (Å²) in [4.78, 5) is 24.1. The summed E-state index contributed by atoms with van der Waals surface area (Å²) in [6.45, 7) is 1.79. The Kier molecular flexibility index (Phi) is 4.57. The molecule has 0 radical (unpaired) electrons. The molecule has 2 aromatic carbocycles. The molecule has 3 aromatic rings. The van der Waals surface area contributed by atoms with Crippen LogP contribution in [0.15, 0.2) is 52.9 Å². The Hall–Kier alpha value is -3.08. The Morgan fingerprint density at radius 2 is 1.80 bits per heavy atom. The number of methoxy groups -OCH3 is 1. The maximum Gasteiger partial charge on any atom is 0.303 e. The summed E-state index contributed by atoms with van der Waals surface area (Å²) >= 11 is 0. The van der Waals surface area contributed by atoms with Crippen molar-refractivity contribution in [2.45, 2.75) is 19.3 Å². The van der Waals surface area contributed by atoms with Gasteiger partial charge in [-0.3, -0.25) is 9.59 Å². The van der Waals surface area contributed by atoms with Crippen LogP contribution in [0.2, 0.25) is 0 Å². The summed E-state index contributed by atoms with van der Waals surface area (Å²) in [5.41, 5.74) is 1.68. The molecule has 3 rings (SSSR count). The van der Waals surface area contributed by atoms with E-state index in [4.69, 9.17) is 14.3 Å². The number of rotatable bonds is 6. The van der Waals surface area contributed by atoms with Crippen LogP contribution in [0, 0.1) is 0 Å². The lowest BCUT2D eigenvalue weighted by Crippen LogP contribution is -2.08. The molecule has 0 aliphatic carbocycles. The quantitative estimate of drug-likeness (QED) is 0.680. The molecule has 0 amide bonds. The van der Waals surface area contributed by atoms with Gasteiger partial charge in [-0.2, -0.15) is 0 Å². The molecule has 128 valence electrons. The van der Waals surface area contributed by atoms with E-state index in [1.54, 1.807) is 44.4 Å². The number of ether oxygens (including phenoxy) is 1. The fourth-order valence-electron chi connectivity index (χ4n) is 2.96. The SMILES string of the molecule is COc1ccc(C(=O)c2oc3ccccc3c2C(C)CC(=O)O)cc1. The number of carbonyl (C=O) groups is 2. The zero-order valence-corrected chi connectivity index (χ0v) is 14.0. The van der Waals surface area contributed by atoms with Gasteiger partial charge >= 0.3 is 5.97 Å². The summed E-state index contributed by atoms with van der Waals surface area (Å²) in [7, 11) is 1.56. The molecule has 0 saturated carbocycles. The lowest BCUT2D eigenvalue weighted by Gasteiger charge is -2.10. The maximum absolute atomic E-state index is 12.9. The minimum absolute atomic E-state index is 0.0770. The summed E-state index contributed by atoms with van der Waals surface area (Å²) in [5, 5.41) is 9.90. The number of hydrogen-bond donors (Lipinski definition) is 1. The van der Waals surface area contributed by atoms with Crippen molar-refractivity contribution in [2.24, 2.45) is 0 Å². The van der Waals surface area contributed by atoms with Crippen LogP contribution < -0.4 is 4.74 Å². The average Bonchev–Trinajstić information content (AvgIpc) is 3.00. The molecule has 1 aromatic heterocycles. The van der Waals surface area contributed by atoms with Crippen LogP contribution in [0.3, 0.4) is 0 Å². The molecular weight excluding hydrogens is 320 g/mol. The zero-order chi connectivity index (χ0) is 18.0. The second-order valence-corrected chi connectivity index (χ2v) is 5.90. The van der Waals surface area contributed by atoms with E-state index < -0.39 is 5.97 Å². The van der Waals surface area contributed by atoms with E-state index in [0.29, 0.717) is 22.5 Å². The first-order valence-electron chi connectivity index (χ1n) is 7.93. The number of fused-ring (bicyclic) bond motifs is 1. The molecule has 0 aliphatic heterocycles. The van der Waals surface area contributed by atoms with Crippen LogP contribution in [0.25, 0.3) is 11.0 Å². The highest BCUT2D eigenvalue weighted by atomic mass is 16.5. The highest BCUT2D eigenvalue weighted by Crippen LogP contribution is 2.35. The van der Waals surface area contributed by atoms with Crippen molar-refractivity contribution in [1.29, 1.82) is 0 Å². The molecular formula is C20H18O5. The van der Waals surface area contributed by atoms with Crippen LogP contribution in [-0.2, 0) is 4.79 Å². The van der Waals surface area contributed by atoms with Gasteiger partial charge in [-0.15, -0.1) is 0 Å². The van der Waals surface area contributed by atoms with Crippen LogP contribution in [0.5, 0.6) is 5.75 Å². The van der Waals surface area contributed by atoms with Crippen LogP contribution in [0.1, 0.15) is 40.9 Å². The first-order valence-corrected chi connectivity index (χ1v) is 7.93. The van der Waals surface area contributed by atoms with Gasteiger partial charge in [0.05, 0.1) is 13.5 Å². The van der Waals surface area contributed by atoms with Crippen LogP contribution in [0.4, 0.5) is 0 Å². The predicted molar refractivity (Wildman–Crippen MR) is 93.3 cm³/mol. The minimum atomic E-state index is -0.916. The number of ketones is 1. The first kappa shape index (κ1) is 16.8. The summed E-state index contributed by atoms with van der Waals surface area (Å²) in [6.07, 6.45) is -0.0770. The second-order valence-electron chi connectivity index (χ2n) is 5.90. The molecule has 1 heterocycles. The van der Waals surface area contributed by atoms with Gasteiger partial charge in [0.2, 0.25) is 5.78 Å². The second kappa shape index (κ2) is 6.81. The minimum Gasteiger partial charge on any atom is -0.497 e. The molecule has 0 saturated heterocycles. The van der Waals surface area contributed by atoms with Crippen molar-refractivity contribution in [3.63, 3.8) is 0 Å². The van der Waals surface area contributed by atoms with Gasteiger partial charge < -0.3 is 14.3 Å². The predicted octanol–water partition coefficient (Wildman–Crippen LogP) is 4.25. The smallest absolute Gasteiger partial charge is 0.303 e. The van der Waals surface area contributed by atoms with Gasteiger partial charge in [0, 0.05) is 16.5 Å². The van der Waals surface area contributed by atoms with Crippen LogP contribution in [-0.4, -0.2) is 24.0 Å². The van der Waals surface area contributed by atoms with Crippen molar-refractivity contribution >= 4 is 22.7 Å². The van der Waals surface area contributed by atoms with Crippen LogP contribution >= 0.6 is 0 Å². The van der Waals surface area contributed by atoms with Gasteiger partial charge in [-0.25, -0.2) is 0 Å². The van der Waals surface area contributed by atoms with E-state index in [1.807, 2.05) is 18.2 Å². The molecule has 1 unspecified atom stereocenters. The van der Waals surface area contributed by atoms with E-state index >= 15 is 0 Å². The van der Waals surface area contributed by atoms with Crippen molar-refractivity contribution in [2.75, 3.05) is 7.11 Å². The third kappa shape index (κ3) is 3.26. The molecule has 1 N–H and O–H groups in total. The number of carbonyl (C=O) groups excluding carboxylic acids is 1. The van der Waals surface area contributed by atoms with Gasteiger partial charge in [0.25, 0.3) is 0 Å². The topological polar surface area (TPSA) is 76.7 Å². The summed E-state index contributed by atoms with van der Waals surface area (Å²) in [6, 6.07) is 14.0. The van der Waals surface area contributed by atoms with Gasteiger partial charge in [-0.1, -0.05) is 25.1 Å². The highest BCUT2D eigenvalue weighted by Gasteiger charge is 2.26. The standard InChI is InChI=1S/C20H18O5/c1-12(11-17(21)22)18-15-5-3-4-6-16(15)25-20(18)19(23)13-7-9-14(24-2)10-8-13/h3-10,12H,11H2,1-2H3,(H,21,22). The fraction of sp³-hybridized carbons (Fsp3) is 0.200. The zero-order valence-electron chi connectivity index (χ0n) is 14.0. The van der Waals surface area contributed by atoms with Gasteiger partial charge in [0.15, 0.2) is 5.76 Å². The van der Waals surface area contributed by atoms with E-state index in [1.165, 1.54) is 0 Å². The third-order valence-corrected chi connectivity index (χ3v) is 4.17. The Morgan fingerprint density at radius 3 is 2.44 bits per heavy atom. The molecule has 1 atom stereocenters. The Bertz CT molecular complexity index is 921. The fourth-order valence-corrected chi connectivity index (χ4v) is 2.96. The van der Waals surface area contributed by atoms with Crippen molar-refractivity contribution in [3.05, 3.63) is 65.4 Å². The number of benzene rings is 2. The van der Waals surface area contributed by atoms with E-state index in [-0.39, 0.29) is 23.9 Å². The number of carboxylic acids is 1. The Morgan fingerprint density at radius 1 is 1.12 bits per heavy atom. The Balaban J connectivity index is 2.10. The number of para-hydroxylation sites is 1. The van der Waals surface area contributed by atoms with Gasteiger partial charge in [0.1, 0.15) is 11.3 Å². The highest BCUT2D eigenvalue weighted by molar-refractivity contribution is 6.11.